The van der Waals surface area contributed by atoms with Crippen LogP contribution in [-0.4, -0.2) is 21.4 Å². The van der Waals surface area contributed by atoms with Gasteiger partial charge in [-0.05, 0) is 38.0 Å². The number of hydrogen-bond donors (Lipinski definition) is 1. The van der Waals surface area contributed by atoms with Crippen LogP contribution < -0.4 is 0 Å². The van der Waals surface area contributed by atoms with Crippen LogP contribution in [0.2, 0.25) is 0 Å². The molecule has 0 spiro atoms. The highest BCUT2D eigenvalue weighted by atomic mass is 16.6. The molecule has 4 heteroatoms. The summed E-state index contributed by atoms with van der Waals surface area (Å²) in [5.41, 5.74) is 1.99. The van der Waals surface area contributed by atoms with E-state index in [1.807, 2.05) is 48.5 Å². The molecule has 0 radical (unpaired) electrons. The van der Waals surface area contributed by atoms with Crippen molar-refractivity contribution in [2.24, 2.45) is 0 Å². The van der Waals surface area contributed by atoms with E-state index in [0.29, 0.717) is 16.7 Å². The van der Waals surface area contributed by atoms with E-state index in [0.717, 1.165) is 10.9 Å². The number of benzene rings is 2. The fraction of sp³-hybridized carbons (Fsp3) is 0.190. The van der Waals surface area contributed by atoms with Gasteiger partial charge in [-0.2, -0.15) is 0 Å². The van der Waals surface area contributed by atoms with E-state index in [1.165, 1.54) is 4.57 Å². The summed E-state index contributed by atoms with van der Waals surface area (Å²) < 4.78 is 6.64. The van der Waals surface area contributed by atoms with Crippen LogP contribution in [0.5, 0.6) is 5.88 Å². The number of fused-ring (bicyclic) bond motifs is 1. The van der Waals surface area contributed by atoms with Crippen molar-refractivity contribution in [2.45, 2.75) is 26.4 Å². The molecule has 1 heterocycles. The van der Waals surface area contributed by atoms with E-state index in [1.54, 1.807) is 26.8 Å². The molecule has 0 saturated carbocycles. The van der Waals surface area contributed by atoms with Crippen LogP contribution in [0.4, 0.5) is 4.79 Å². The molecule has 0 fully saturated rings. The third-order valence-corrected chi connectivity index (χ3v) is 3.85. The molecule has 0 aliphatic carbocycles. The van der Waals surface area contributed by atoms with Crippen LogP contribution in [0, 0.1) is 0 Å². The van der Waals surface area contributed by atoms with Gasteiger partial charge in [0.1, 0.15) is 5.60 Å². The third-order valence-electron chi connectivity index (χ3n) is 3.85. The molecule has 0 aliphatic rings. The number of ether oxygens (including phenoxy) is 1. The van der Waals surface area contributed by atoms with Crippen LogP contribution in [0.15, 0.2) is 61.2 Å². The van der Waals surface area contributed by atoms with E-state index in [2.05, 4.69) is 6.58 Å². The number of aromatic hydroxyl groups is 1. The van der Waals surface area contributed by atoms with Gasteiger partial charge in [0.2, 0.25) is 5.88 Å². The fourth-order valence-electron chi connectivity index (χ4n) is 2.80. The Bertz CT molecular complexity index is 946. The third kappa shape index (κ3) is 3.15. The zero-order chi connectivity index (χ0) is 18.2. The van der Waals surface area contributed by atoms with E-state index >= 15 is 0 Å². The quantitative estimate of drug-likeness (QED) is 0.701. The molecular formula is C21H21NO3. The topological polar surface area (TPSA) is 51.5 Å². The van der Waals surface area contributed by atoms with Crippen molar-refractivity contribution in [2.75, 3.05) is 0 Å². The van der Waals surface area contributed by atoms with E-state index in [-0.39, 0.29) is 5.88 Å². The number of nitrogens with zero attached hydrogens (tertiary/aromatic N) is 1. The summed E-state index contributed by atoms with van der Waals surface area (Å²) in [6, 6.07) is 16.9. The highest BCUT2D eigenvalue weighted by molar-refractivity contribution is 6.03. The van der Waals surface area contributed by atoms with Gasteiger partial charge >= 0.3 is 6.09 Å². The summed E-state index contributed by atoms with van der Waals surface area (Å²) in [5.74, 6) is -0.163. The van der Waals surface area contributed by atoms with Gasteiger partial charge in [0, 0.05) is 5.39 Å². The monoisotopic (exact) mass is 335 g/mol. The van der Waals surface area contributed by atoms with Crippen molar-refractivity contribution in [1.82, 2.24) is 4.57 Å². The molecule has 2 aromatic carbocycles. The number of rotatable bonds is 2. The van der Waals surface area contributed by atoms with Crippen LogP contribution in [0.1, 0.15) is 31.9 Å². The van der Waals surface area contributed by atoms with Crippen molar-refractivity contribution < 1.29 is 14.6 Å². The fourth-order valence-corrected chi connectivity index (χ4v) is 2.80. The molecule has 0 amide bonds. The van der Waals surface area contributed by atoms with Crippen molar-refractivity contribution in [3.63, 3.8) is 0 Å². The number of aromatic nitrogens is 1. The van der Waals surface area contributed by atoms with Gasteiger partial charge in [-0.15, -0.1) is 0 Å². The summed E-state index contributed by atoms with van der Waals surface area (Å²) in [4.78, 5) is 12.6. The second kappa shape index (κ2) is 6.13. The second-order valence-corrected chi connectivity index (χ2v) is 6.88. The first-order valence-electron chi connectivity index (χ1n) is 8.10. The maximum absolute atomic E-state index is 12.6. The van der Waals surface area contributed by atoms with E-state index in [9.17, 15) is 9.90 Å². The van der Waals surface area contributed by atoms with Gasteiger partial charge < -0.3 is 9.84 Å². The average molecular weight is 335 g/mol. The predicted molar refractivity (Wildman–Crippen MR) is 99.8 cm³/mol. The highest BCUT2D eigenvalue weighted by Crippen LogP contribution is 2.38. The lowest BCUT2D eigenvalue weighted by Crippen LogP contribution is -2.26. The Labute approximate surface area is 147 Å². The zero-order valence-electron chi connectivity index (χ0n) is 14.6. The predicted octanol–water partition coefficient (Wildman–Crippen LogP) is 5.19. The molecule has 1 aromatic heterocycles. The van der Waals surface area contributed by atoms with Crippen LogP contribution >= 0.6 is 0 Å². The molecule has 25 heavy (non-hydrogen) atoms. The lowest BCUT2D eigenvalue weighted by Gasteiger charge is -2.20. The summed E-state index contributed by atoms with van der Waals surface area (Å²) in [7, 11) is 0. The summed E-state index contributed by atoms with van der Waals surface area (Å²) in [6.45, 7) is 9.50. The SMILES string of the molecule is C=C(c1ccccc1)c1c(O)n(C(=O)OC(C)(C)C)c2ccccc12. The standard InChI is InChI=1S/C21H21NO3/c1-14(15-10-6-5-7-11-15)18-16-12-8-9-13-17(16)22(19(18)23)20(24)25-21(2,3)4/h5-13,23H,1H2,2-4H3. The van der Waals surface area contributed by atoms with Gasteiger partial charge in [-0.3, -0.25) is 0 Å². The number of carbonyl (C=O) groups is 1. The maximum Gasteiger partial charge on any atom is 0.421 e. The Morgan fingerprint density at radius 1 is 1.04 bits per heavy atom. The molecule has 1 N–H and O–H groups in total. The highest BCUT2D eigenvalue weighted by Gasteiger charge is 2.26. The molecule has 0 atom stereocenters. The van der Waals surface area contributed by atoms with Gasteiger partial charge in [0.25, 0.3) is 0 Å². The van der Waals surface area contributed by atoms with Gasteiger partial charge in [0.05, 0.1) is 11.1 Å². The average Bonchev–Trinajstić information content (AvgIpc) is 2.85. The van der Waals surface area contributed by atoms with Crippen molar-refractivity contribution in [1.29, 1.82) is 0 Å². The Balaban J connectivity index is 2.20. The minimum Gasteiger partial charge on any atom is -0.494 e. The van der Waals surface area contributed by atoms with Crippen LogP contribution in [0.25, 0.3) is 16.5 Å². The minimum absolute atomic E-state index is 0.163. The Kier molecular flexibility index (Phi) is 4.13. The number of carbonyl (C=O) groups excluding carboxylic acids is 1. The maximum atomic E-state index is 12.6. The molecule has 4 nitrogen and oxygen atoms in total. The number of para-hydroxylation sites is 1. The molecule has 128 valence electrons. The largest absolute Gasteiger partial charge is 0.494 e. The molecule has 3 aromatic rings. The smallest absolute Gasteiger partial charge is 0.421 e. The van der Waals surface area contributed by atoms with Gasteiger partial charge in [-0.25, -0.2) is 9.36 Å². The molecule has 3 rings (SSSR count). The van der Waals surface area contributed by atoms with Crippen molar-refractivity contribution in [3.8, 4) is 5.88 Å². The molecule has 0 aliphatic heterocycles. The first-order valence-corrected chi connectivity index (χ1v) is 8.10. The normalized spacial score (nSPS) is 11.5. The molecule has 0 unspecified atom stereocenters. The van der Waals surface area contributed by atoms with Gasteiger partial charge in [0.15, 0.2) is 0 Å². The lowest BCUT2D eigenvalue weighted by atomic mass is 9.99. The number of hydrogen-bond acceptors (Lipinski definition) is 3. The Morgan fingerprint density at radius 2 is 1.64 bits per heavy atom. The van der Waals surface area contributed by atoms with Crippen LogP contribution in [-0.2, 0) is 4.74 Å². The minimum atomic E-state index is -0.661. The second-order valence-electron chi connectivity index (χ2n) is 6.88. The summed E-state index contributed by atoms with van der Waals surface area (Å²) in [5, 5.41) is 11.6. The summed E-state index contributed by atoms with van der Waals surface area (Å²) in [6.07, 6.45) is -0.617. The summed E-state index contributed by atoms with van der Waals surface area (Å²) >= 11 is 0. The molecular weight excluding hydrogens is 314 g/mol. The molecule has 0 saturated heterocycles. The van der Waals surface area contributed by atoms with Crippen molar-refractivity contribution >= 4 is 22.6 Å². The van der Waals surface area contributed by atoms with Crippen LogP contribution in [0.3, 0.4) is 0 Å². The Morgan fingerprint density at radius 3 is 2.28 bits per heavy atom. The van der Waals surface area contributed by atoms with E-state index < -0.39 is 11.7 Å². The zero-order valence-corrected chi connectivity index (χ0v) is 14.6. The first-order chi connectivity index (χ1) is 11.8. The first kappa shape index (κ1) is 16.8. The lowest BCUT2D eigenvalue weighted by molar-refractivity contribution is 0.0533. The van der Waals surface area contributed by atoms with Gasteiger partial charge in [-0.1, -0.05) is 55.1 Å². The van der Waals surface area contributed by atoms with E-state index in [4.69, 9.17) is 4.74 Å². The molecule has 0 bridgehead atoms. The Hall–Kier alpha value is -3.01. The van der Waals surface area contributed by atoms with Crippen molar-refractivity contribution in [3.05, 3.63) is 72.3 Å².